The molecule has 0 aliphatic rings. The number of aliphatic carboxylic acids is 1. The first kappa shape index (κ1) is 16.7. The molecule has 5 nitrogen and oxygen atoms in total. The minimum Gasteiger partial charge on any atom is -0.481 e. The van der Waals surface area contributed by atoms with E-state index in [0.29, 0.717) is 19.5 Å². The predicted molar refractivity (Wildman–Crippen MR) is 86.6 cm³/mol. The number of rotatable bonds is 7. The summed E-state index contributed by atoms with van der Waals surface area (Å²) < 4.78 is 0. The van der Waals surface area contributed by atoms with Crippen molar-refractivity contribution in [2.75, 3.05) is 6.54 Å². The summed E-state index contributed by atoms with van der Waals surface area (Å²) >= 11 is 0. The van der Waals surface area contributed by atoms with Crippen LogP contribution in [-0.4, -0.2) is 33.4 Å². The van der Waals surface area contributed by atoms with Crippen LogP contribution in [0.15, 0.2) is 54.9 Å². The Kier molecular flexibility index (Phi) is 5.86. The summed E-state index contributed by atoms with van der Waals surface area (Å²) in [5.41, 5.74) is 1.99. The average molecular weight is 312 g/mol. The summed E-state index contributed by atoms with van der Waals surface area (Å²) in [6.45, 7) is 2.25. The van der Waals surface area contributed by atoms with E-state index in [1.165, 1.54) is 6.92 Å². The van der Waals surface area contributed by atoms with Crippen molar-refractivity contribution in [3.05, 3.63) is 66.0 Å². The van der Waals surface area contributed by atoms with Crippen LogP contribution in [0.4, 0.5) is 0 Å². The number of carbonyl (C=O) groups excluding carboxylic acids is 1. The minimum atomic E-state index is -1.11. The second-order valence-corrected chi connectivity index (χ2v) is 5.42. The van der Waals surface area contributed by atoms with Gasteiger partial charge in [-0.25, -0.2) is 0 Å². The highest BCUT2D eigenvalue weighted by atomic mass is 16.4. The zero-order valence-electron chi connectivity index (χ0n) is 13.1. The highest BCUT2D eigenvalue weighted by molar-refractivity contribution is 5.96. The molecule has 1 N–H and O–H groups in total. The van der Waals surface area contributed by atoms with Gasteiger partial charge in [-0.3, -0.25) is 14.6 Å². The zero-order valence-corrected chi connectivity index (χ0v) is 13.1. The molecule has 1 amide bonds. The van der Waals surface area contributed by atoms with Crippen molar-refractivity contribution in [1.82, 2.24) is 9.88 Å². The number of amides is 1. The molecule has 120 valence electrons. The van der Waals surface area contributed by atoms with Crippen LogP contribution >= 0.6 is 0 Å². The van der Waals surface area contributed by atoms with Crippen molar-refractivity contribution in [2.45, 2.75) is 19.9 Å². The Balaban J connectivity index is 2.10. The first-order valence-electron chi connectivity index (χ1n) is 7.52. The lowest BCUT2D eigenvalue weighted by Gasteiger charge is -2.24. The molecule has 23 heavy (non-hydrogen) atoms. The molecule has 0 bridgehead atoms. The molecule has 1 aromatic heterocycles. The number of benzene rings is 1. The summed E-state index contributed by atoms with van der Waals surface area (Å²) in [7, 11) is 0. The first-order valence-corrected chi connectivity index (χ1v) is 7.52. The average Bonchev–Trinajstić information content (AvgIpc) is 2.59. The van der Waals surface area contributed by atoms with Crippen molar-refractivity contribution in [2.24, 2.45) is 5.92 Å². The highest BCUT2D eigenvalue weighted by Crippen LogP contribution is 2.11. The molecule has 0 saturated heterocycles. The maximum absolute atomic E-state index is 12.4. The Morgan fingerprint density at radius 1 is 1.13 bits per heavy atom. The SMILES string of the molecule is CC(C(=O)O)C(=O)N(CCc1ccccc1)Cc1cccnc1. The molecule has 1 unspecified atom stereocenters. The maximum Gasteiger partial charge on any atom is 0.315 e. The van der Waals surface area contributed by atoms with Gasteiger partial charge in [0.25, 0.3) is 0 Å². The topological polar surface area (TPSA) is 70.5 Å². The summed E-state index contributed by atoms with van der Waals surface area (Å²) in [5, 5.41) is 9.09. The second kappa shape index (κ2) is 8.08. The predicted octanol–water partition coefficient (Wildman–Crippen LogP) is 2.37. The lowest BCUT2D eigenvalue weighted by Crippen LogP contribution is -2.39. The zero-order chi connectivity index (χ0) is 16.7. The van der Waals surface area contributed by atoms with E-state index in [1.807, 2.05) is 36.4 Å². The van der Waals surface area contributed by atoms with Gasteiger partial charge < -0.3 is 10.0 Å². The van der Waals surface area contributed by atoms with Crippen molar-refractivity contribution in [3.8, 4) is 0 Å². The Labute approximate surface area is 135 Å². The molecular formula is C18H20N2O3. The van der Waals surface area contributed by atoms with Crippen molar-refractivity contribution in [1.29, 1.82) is 0 Å². The monoisotopic (exact) mass is 312 g/mol. The van der Waals surface area contributed by atoms with Crippen LogP contribution in [0, 0.1) is 5.92 Å². The molecule has 5 heteroatoms. The minimum absolute atomic E-state index is 0.358. The maximum atomic E-state index is 12.4. The third kappa shape index (κ3) is 4.92. The van der Waals surface area contributed by atoms with Crippen LogP contribution in [-0.2, 0) is 22.6 Å². The molecular weight excluding hydrogens is 292 g/mol. The van der Waals surface area contributed by atoms with E-state index in [2.05, 4.69) is 4.98 Å². The number of aromatic nitrogens is 1. The van der Waals surface area contributed by atoms with Gasteiger partial charge in [0, 0.05) is 25.5 Å². The lowest BCUT2D eigenvalue weighted by atomic mass is 10.1. The Morgan fingerprint density at radius 2 is 1.83 bits per heavy atom. The first-order chi connectivity index (χ1) is 11.1. The summed E-state index contributed by atoms with van der Waals surface area (Å²) in [6.07, 6.45) is 4.03. The van der Waals surface area contributed by atoms with Crippen molar-refractivity contribution >= 4 is 11.9 Å². The Bertz CT molecular complexity index is 644. The summed E-state index contributed by atoms with van der Waals surface area (Å²) in [5.74, 6) is -2.54. The van der Waals surface area contributed by atoms with Crippen molar-refractivity contribution < 1.29 is 14.7 Å². The van der Waals surface area contributed by atoms with E-state index in [9.17, 15) is 9.59 Å². The molecule has 2 aromatic rings. The third-order valence-corrected chi connectivity index (χ3v) is 3.66. The molecule has 0 fully saturated rings. The quantitative estimate of drug-likeness (QED) is 0.797. The van der Waals surface area contributed by atoms with E-state index < -0.39 is 11.9 Å². The number of hydrogen-bond acceptors (Lipinski definition) is 3. The van der Waals surface area contributed by atoms with Gasteiger partial charge in [0.05, 0.1) is 0 Å². The molecule has 0 aliphatic carbocycles. The smallest absolute Gasteiger partial charge is 0.315 e. The van der Waals surface area contributed by atoms with Crippen LogP contribution in [0.5, 0.6) is 0 Å². The van der Waals surface area contributed by atoms with Gasteiger partial charge >= 0.3 is 5.97 Å². The number of pyridine rings is 1. The molecule has 0 saturated carbocycles. The van der Waals surface area contributed by atoms with Gasteiger partial charge in [-0.15, -0.1) is 0 Å². The van der Waals surface area contributed by atoms with Gasteiger partial charge in [0.2, 0.25) is 5.91 Å². The standard InChI is InChI=1S/C18H20N2O3/c1-14(18(22)23)17(21)20(13-16-8-5-10-19-12-16)11-9-15-6-3-2-4-7-15/h2-8,10,12,14H,9,11,13H2,1H3,(H,22,23). The van der Waals surface area contributed by atoms with E-state index in [4.69, 9.17) is 5.11 Å². The van der Waals surface area contributed by atoms with Gasteiger partial charge in [-0.2, -0.15) is 0 Å². The number of carboxylic acid groups (broad SMARTS) is 1. The fourth-order valence-corrected chi connectivity index (χ4v) is 2.27. The van der Waals surface area contributed by atoms with Gasteiger partial charge in [0.15, 0.2) is 0 Å². The van der Waals surface area contributed by atoms with Gasteiger partial charge in [-0.05, 0) is 30.5 Å². The van der Waals surface area contributed by atoms with E-state index in [1.54, 1.807) is 23.4 Å². The highest BCUT2D eigenvalue weighted by Gasteiger charge is 2.26. The number of carboxylic acids is 1. The van der Waals surface area contributed by atoms with E-state index in [-0.39, 0.29) is 5.91 Å². The molecule has 1 aromatic carbocycles. The molecule has 0 aliphatic heterocycles. The van der Waals surface area contributed by atoms with Crippen LogP contribution in [0.1, 0.15) is 18.1 Å². The van der Waals surface area contributed by atoms with Crippen LogP contribution in [0.25, 0.3) is 0 Å². The fourth-order valence-electron chi connectivity index (χ4n) is 2.27. The molecule has 1 heterocycles. The number of carbonyl (C=O) groups is 2. The lowest BCUT2D eigenvalue weighted by molar-refractivity contribution is -0.150. The van der Waals surface area contributed by atoms with Gasteiger partial charge in [-0.1, -0.05) is 36.4 Å². The molecule has 0 radical (unpaired) electrons. The van der Waals surface area contributed by atoms with Crippen molar-refractivity contribution in [3.63, 3.8) is 0 Å². The van der Waals surface area contributed by atoms with Crippen LogP contribution in [0.3, 0.4) is 0 Å². The Hall–Kier alpha value is -2.69. The largest absolute Gasteiger partial charge is 0.481 e. The molecule has 1 atom stereocenters. The number of hydrogen-bond donors (Lipinski definition) is 1. The summed E-state index contributed by atoms with van der Waals surface area (Å²) in [4.78, 5) is 29.2. The number of nitrogens with zero attached hydrogens (tertiary/aromatic N) is 2. The molecule has 0 spiro atoms. The normalized spacial score (nSPS) is 11.7. The van der Waals surface area contributed by atoms with Crippen LogP contribution in [0.2, 0.25) is 0 Å². The molecule has 2 rings (SSSR count). The van der Waals surface area contributed by atoms with Gasteiger partial charge in [0.1, 0.15) is 5.92 Å². The third-order valence-electron chi connectivity index (χ3n) is 3.66. The summed E-state index contributed by atoms with van der Waals surface area (Å²) in [6, 6.07) is 13.5. The Morgan fingerprint density at radius 3 is 2.43 bits per heavy atom. The van der Waals surface area contributed by atoms with Crippen LogP contribution < -0.4 is 0 Å². The second-order valence-electron chi connectivity index (χ2n) is 5.42. The van der Waals surface area contributed by atoms with E-state index >= 15 is 0 Å². The van der Waals surface area contributed by atoms with E-state index in [0.717, 1.165) is 11.1 Å². The fraction of sp³-hybridized carbons (Fsp3) is 0.278.